The maximum atomic E-state index is 12.9. The lowest BCUT2D eigenvalue weighted by Crippen LogP contribution is -2.60. The molecule has 4 amide bonds. The van der Waals surface area contributed by atoms with E-state index >= 15 is 0 Å². The zero-order valence-corrected chi connectivity index (χ0v) is 18.5. The number of primary amides is 1. The van der Waals surface area contributed by atoms with Gasteiger partial charge in [-0.15, -0.1) is 0 Å². The van der Waals surface area contributed by atoms with Crippen LogP contribution < -0.4 is 27.4 Å². The first-order valence-electron chi connectivity index (χ1n) is 10.1. The summed E-state index contributed by atoms with van der Waals surface area (Å²) in [6.45, 7) is 8.01. The van der Waals surface area contributed by atoms with Gasteiger partial charge in [0, 0.05) is 0 Å². The number of aliphatic hydroxyl groups is 1. The van der Waals surface area contributed by atoms with Gasteiger partial charge in [-0.25, -0.2) is 4.79 Å². The van der Waals surface area contributed by atoms with E-state index in [1.807, 2.05) is 0 Å². The summed E-state index contributed by atoms with van der Waals surface area (Å²) in [5.74, 6) is -5.18. The number of carboxylic acids is 1. The minimum Gasteiger partial charge on any atom is -0.480 e. The Morgan fingerprint density at radius 1 is 0.839 bits per heavy atom. The van der Waals surface area contributed by atoms with Crippen molar-refractivity contribution < 1.29 is 34.2 Å². The predicted molar refractivity (Wildman–Crippen MR) is 111 cm³/mol. The van der Waals surface area contributed by atoms with Gasteiger partial charge in [0.05, 0.1) is 18.6 Å². The third-order valence-electron chi connectivity index (χ3n) is 4.84. The maximum absolute atomic E-state index is 12.9. The lowest BCUT2D eigenvalue weighted by Gasteiger charge is -2.29. The van der Waals surface area contributed by atoms with Crippen LogP contribution in [-0.2, 0) is 24.0 Å². The number of amides is 4. The van der Waals surface area contributed by atoms with Gasteiger partial charge in [-0.3, -0.25) is 19.2 Å². The van der Waals surface area contributed by atoms with Crippen molar-refractivity contribution in [3.05, 3.63) is 0 Å². The molecular weight excluding hydrogens is 410 g/mol. The Hall–Kier alpha value is -2.73. The molecular formula is C19H35N5O7. The zero-order valence-electron chi connectivity index (χ0n) is 18.5. The van der Waals surface area contributed by atoms with Crippen LogP contribution in [0.2, 0.25) is 0 Å². The van der Waals surface area contributed by atoms with Crippen LogP contribution in [0.5, 0.6) is 0 Å². The predicted octanol–water partition coefficient (Wildman–Crippen LogP) is -2.19. The van der Waals surface area contributed by atoms with Crippen LogP contribution in [0.4, 0.5) is 0 Å². The second-order valence-corrected chi connectivity index (χ2v) is 7.94. The molecule has 0 bridgehead atoms. The fourth-order valence-electron chi connectivity index (χ4n) is 2.68. The van der Waals surface area contributed by atoms with Crippen LogP contribution in [0.15, 0.2) is 0 Å². The van der Waals surface area contributed by atoms with Crippen molar-refractivity contribution in [1.29, 1.82) is 0 Å². The van der Waals surface area contributed by atoms with Gasteiger partial charge in [0.15, 0.2) is 6.04 Å². The fraction of sp³-hybridized carbons (Fsp3) is 0.737. The molecule has 0 aromatic heterocycles. The van der Waals surface area contributed by atoms with Gasteiger partial charge >= 0.3 is 5.97 Å². The van der Waals surface area contributed by atoms with Crippen molar-refractivity contribution >= 4 is 29.6 Å². The monoisotopic (exact) mass is 445 g/mol. The second kappa shape index (κ2) is 12.8. The van der Waals surface area contributed by atoms with Crippen molar-refractivity contribution in [1.82, 2.24) is 16.0 Å². The van der Waals surface area contributed by atoms with Crippen LogP contribution in [0, 0.1) is 11.8 Å². The van der Waals surface area contributed by atoms with E-state index in [2.05, 4.69) is 16.0 Å². The van der Waals surface area contributed by atoms with E-state index in [0.29, 0.717) is 6.42 Å². The first kappa shape index (κ1) is 28.3. The van der Waals surface area contributed by atoms with Crippen LogP contribution in [-0.4, -0.2) is 70.1 Å². The number of hydrogen-bond acceptors (Lipinski definition) is 7. The largest absolute Gasteiger partial charge is 0.480 e. The number of aliphatic carboxylic acids is 1. The summed E-state index contributed by atoms with van der Waals surface area (Å²) in [7, 11) is 0. The van der Waals surface area contributed by atoms with E-state index in [4.69, 9.17) is 16.6 Å². The number of nitrogens with one attached hydrogen (secondary N) is 3. The van der Waals surface area contributed by atoms with Crippen molar-refractivity contribution in [3.63, 3.8) is 0 Å². The summed E-state index contributed by atoms with van der Waals surface area (Å²) < 4.78 is 0. The Morgan fingerprint density at radius 2 is 1.29 bits per heavy atom. The van der Waals surface area contributed by atoms with Crippen LogP contribution in [0.3, 0.4) is 0 Å². The maximum Gasteiger partial charge on any atom is 0.328 e. The summed E-state index contributed by atoms with van der Waals surface area (Å²) >= 11 is 0. The minimum atomic E-state index is -1.55. The van der Waals surface area contributed by atoms with E-state index < -0.39 is 72.2 Å². The Kier molecular flexibility index (Phi) is 11.7. The highest BCUT2D eigenvalue weighted by Crippen LogP contribution is 2.11. The molecule has 0 aliphatic rings. The molecule has 0 aliphatic heterocycles. The lowest BCUT2D eigenvalue weighted by molar-refractivity contribution is -0.145. The molecule has 6 atom stereocenters. The standard InChI is InChI=1S/C19H35N5O7/c1-6-9(4)14(23-16(27)11(20)7-12(21)26)18(29)22-13(8(2)3)17(28)24-15(10(5)25)19(30)31/h8-11,13-15,25H,6-7,20H2,1-5H3,(H2,21,26)(H,22,29)(H,23,27)(H,24,28)(H,30,31). The average Bonchev–Trinajstić information content (AvgIpc) is 2.65. The highest BCUT2D eigenvalue weighted by atomic mass is 16.4. The molecule has 0 aromatic carbocycles. The molecule has 0 radical (unpaired) electrons. The van der Waals surface area contributed by atoms with Gasteiger partial charge in [-0.05, 0) is 18.8 Å². The molecule has 0 saturated heterocycles. The molecule has 12 heteroatoms. The number of nitrogens with two attached hydrogens (primary N) is 2. The van der Waals surface area contributed by atoms with Gasteiger partial charge in [-0.2, -0.15) is 0 Å². The van der Waals surface area contributed by atoms with E-state index in [1.54, 1.807) is 27.7 Å². The molecule has 0 aliphatic carbocycles. The Labute approximate surface area is 181 Å². The zero-order chi connectivity index (χ0) is 24.5. The Morgan fingerprint density at radius 3 is 1.68 bits per heavy atom. The quantitative estimate of drug-likeness (QED) is 0.165. The minimum absolute atomic E-state index is 0.343. The van der Waals surface area contributed by atoms with Crippen molar-refractivity contribution in [3.8, 4) is 0 Å². The fourth-order valence-corrected chi connectivity index (χ4v) is 2.68. The van der Waals surface area contributed by atoms with Gasteiger partial charge in [0.25, 0.3) is 0 Å². The summed E-state index contributed by atoms with van der Waals surface area (Å²) in [6.07, 6.45) is -1.25. The molecule has 178 valence electrons. The molecule has 0 heterocycles. The molecule has 31 heavy (non-hydrogen) atoms. The SMILES string of the molecule is CCC(C)C(NC(=O)C(N)CC(N)=O)C(=O)NC(C(=O)NC(C(=O)O)C(C)O)C(C)C. The van der Waals surface area contributed by atoms with Gasteiger partial charge in [0.2, 0.25) is 23.6 Å². The molecule has 0 spiro atoms. The molecule has 0 aromatic rings. The molecule has 9 N–H and O–H groups in total. The first-order chi connectivity index (χ1) is 14.2. The smallest absolute Gasteiger partial charge is 0.328 e. The van der Waals surface area contributed by atoms with Crippen molar-refractivity contribution in [2.24, 2.45) is 23.3 Å². The number of carboxylic acid groups (broad SMARTS) is 1. The highest BCUT2D eigenvalue weighted by Gasteiger charge is 2.34. The molecule has 0 fully saturated rings. The first-order valence-corrected chi connectivity index (χ1v) is 10.1. The normalized spacial score (nSPS) is 16.9. The molecule has 12 nitrogen and oxygen atoms in total. The number of carbonyl (C=O) groups excluding carboxylic acids is 4. The molecule has 0 rings (SSSR count). The summed E-state index contributed by atoms with van der Waals surface area (Å²) in [4.78, 5) is 60.0. The number of hydrogen-bond donors (Lipinski definition) is 7. The lowest BCUT2D eigenvalue weighted by atomic mass is 9.96. The summed E-state index contributed by atoms with van der Waals surface area (Å²) in [5, 5.41) is 25.9. The van der Waals surface area contributed by atoms with E-state index in [-0.39, 0.29) is 5.92 Å². The van der Waals surface area contributed by atoms with E-state index in [9.17, 15) is 29.1 Å². The number of carbonyl (C=O) groups is 5. The second-order valence-electron chi connectivity index (χ2n) is 7.94. The average molecular weight is 446 g/mol. The van der Waals surface area contributed by atoms with Gasteiger partial charge in [0.1, 0.15) is 12.1 Å². The van der Waals surface area contributed by atoms with E-state index in [0.717, 1.165) is 0 Å². The van der Waals surface area contributed by atoms with Gasteiger partial charge in [-0.1, -0.05) is 34.1 Å². The highest BCUT2D eigenvalue weighted by molar-refractivity contribution is 5.95. The van der Waals surface area contributed by atoms with E-state index in [1.165, 1.54) is 6.92 Å². The van der Waals surface area contributed by atoms with Crippen LogP contribution in [0.25, 0.3) is 0 Å². The number of aliphatic hydroxyl groups excluding tert-OH is 1. The topological polar surface area (TPSA) is 214 Å². The summed E-state index contributed by atoms with van der Waals surface area (Å²) in [6, 6.07) is -4.97. The van der Waals surface area contributed by atoms with Crippen molar-refractivity contribution in [2.75, 3.05) is 0 Å². The third-order valence-corrected chi connectivity index (χ3v) is 4.84. The van der Waals surface area contributed by atoms with Crippen LogP contribution in [0.1, 0.15) is 47.5 Å². The van der Waals surface area contributed by atoms with Crippen molar-refractivity contribution in [2.45, 2.75) is 77.7 Å². The third kappa shape index (κ3) is 9.30. The van der Waals surface area contributed by atoms with Crippen LogP contribution >= 0.6 is 0 Å². The van der Waals surface area contributed by atoms with Gasteiger partial charge < -0.3 is 37.6 Å². The Bertz CT molecular complexity index is 668. The summed E-state index contributed by atoms with van der Waals surface area (Å²) in [5.41, 5.74) is 10.7. The number of rotatable bonds is 13. The Balaban J connectivity index is 5.49. The molecule has 0 saturated carbocycles. The molecule has 6 unspecified atom stereocenters.